The van der Waals surface area contributed by atoms with E-state index in [2.05, 4.69) is 16.0 Å². The first kappa shape index (κ1) is 17.4. The van der Waals surface area contributed by atoms with E-state index in [0.717, 1.165) is 33.0 Å². The standard InChI is InChI=1S/C22H19N3OS/c1-25-20-13-6-5-12-19(20)24-22(25)16-8-7-9-17(14-16)23-21(26)15-27-18-10-3-2-4-11-18/h2-14H,15H2,1H3,(H,23,26). The summed E-state index contributed by atoms with van der Waals surface area (Å²) < 4.78 is 2.07. The number of aryl methyl sites for hydroxylation is 1. The number of imidazole rings is 1. The molecule has 0 fully saturated rings. The summed E-state index contributed by atoms with van der Waals surface area (Å²) in [5.74, 6) is 1.23. The maximum absolute atomic E-state index is 12.3. The van der Waals surface area contributed by atoms with Gasteiger partial charge in [0.2, 0.25) is 5.91 Å². The molecular weight excluding hydrogens is 354 g/mol. The number of rotatable bonds is 5. The third-order valence-electron chi connectivity index (χ3n) is 4.30. The van der Waals surface area contributed by atoms with Crippen LogP contribution in [0.15, 0.2) is 83.8 Å². The topological polar surface area (TPSA) is 46.9 Å². The van der Waals surface area contributed by atoms with Crippen LogP contribution in [0, 0.1) is 0 Å². The Hall–Kier alpha value is -3.05. The van der Waals surface area contributed by atoms with Gasteiger partial charge in [-0.2, -0.15) is 0 Å². The minimum atomic E-state index is -0.0222. The fraction of sp³-hybridized carbons (Fsp3) is 0.0909. The highest BCUT2D eigenvalue weighted by molar-refractivity contribution is 8.00. The Balaban J connectivity index is 1.50. The number of anilines is 1. The van der Waals surface area contributed by atoms with Crippen LogP contribution in [0.4, 0.5) is 5.69 Å². The van der Waals surface area contributed by atoms with E-state index in [1.165, 1.54) is 11.8 Å². The number of benzene rings is 3. The number of aromatic nitrogens is 2. The van der Waals surface area contributed by atoms with Crippen molar-refractivity contribution in [3.8, 4) is 11.4 Å². The van der Waals surface area contributed by atoms with Crippen LogP contribution < -0.4 is 5.32 Å². The molecule has 1 aromatic heterocycles. The van der Waals surface area contributed by atoms with Crippen molar-refractivity contribution in [3.05, 3.63) is 78.9 Å². The van der Waals surface area contributed by atoms with Crippen molar-refractivity contribution in [2.45, 2.75) is 4.90 Å². The number of nitrogens with one attached hydrogen (secondary N) is 1. The van der Waals surface area contributed by atoms with Gasteiger partial charge in [0.1, 0.15) is 5.82 Å². The summed E-state index contributed by atoms with van der Waals surface area (Å²) in [6.45, 7) is 0. The molecule has 0 bridgehead atoms. The zero-order valence-corrected chi connectivity index (χ0v) is 15.7. The van der Waals surface area contributed by atoms with E-state index in [1.54, 1.807) is 0 Å². The number of para-hydroxylation sites is 2. The summed E-state index contributed by atoms with van der Waals surface area (Å²) in [6, 6.07) is 25.8. The van der Waals surface area contributed by atoms with Gasteiger partial charge in [-0.05, 0) is 36.4 Å². The van der Waals surface area contributed by atoms with Gasteiger partial charge in [0, 0.05) is 23.2 Å². The van der Waals surface area contributed by atoms with Crippen molar-refractivity contribution in [2.75, 3.05) is 11.1 Å². The maximum atomic E-state index is 12.3. The monoisotopic (exact) mass is 373 g/mol. The molecule has 27 heavy (non-hydrogen) atoms. The molecule has 0 aliphatic rings. The number of carbonyl (C=O) groups is 1. The summed E-state index contributed by atoms with van der Waals surface area (Å²) in [4.78, 5) is 18.1. The maximum Gasteiger partial charge on any atom is 0.234 e. The number of hydrogen-bond acceptors (Lipinski definition) is 3. The molecule has 0 spiro atoms. The minimum absolute atomic E-state index is 0.0222. The van der Waals surface area contributed by atoms with Crippen LogP contribution in [0.5, 0.6) is 0 Å². The summed E-state index contributed by atoms with van der Waals surface area (Å²) >= 11 is 1.53. The van der Waals surface area contributed by atoms with E-state index in [4.69, 9.17) is 4.98 Å². The van der Waals surface area contributed by atoms with Gasteiger partial charge in [-0.25, -0.2) is 4.98 Å². The average molecular weight is 373 g/mol. The van der Waals surface area contributed by atoms with E-state index in [-0.39, 0.29) is 5.91 Å². The van der Waals surface area contributed by atoms with E-state index >= 15 is 0 Å². The Labute approximate surface area is 162 Å². The molecule has 0 aliphatic heterocycles. The Bertz CT molecular complexity index is 1090. The lowest BCUT2D eigenvalue weighted by Gasteiger charge is -2.08. The van der Waals surface area contributed by atoms with Gasteiger partial charge in [-0.15, -0.1) is 11.8 Å². The second kappa shape index (κ2) is 7.68. The molecule has 0 unspecified atom stereocenters. The van der Waals surface area contributed by atoms with Crippen molar-refractivity contribution >= 4 is 34.4 Å². The quantitative estimate of drug-likeness (QED) is 0.502. The Kier molecular flexibility index (Phi) is 4.94. The molecule has 0 saturated carbocycles. The number of hydrogen-bond donors (Lipinski definition) is 1. The van der Waals surface area contributed by atoms with Gasteiger partial charge in [-0.1, -0.05) is 42.5 Å². The molecule has 4 rings (SSSR count). The second-order valence-electron chi connectivity index (χ2n) is 6.21. The lowest BCUT2D eigenvalue weighted by atomic mass is 10.2. The van der Waals surface area contributed by atoms with E-state index in [0.29, 0.717) is 5.75 Å². The largest absolute Gasteiger partial charge is 0.327 e. The third-order valence-corrected chi connectivity index (χ3v) is 5.32. The first-order chi connectivity index (χ1) is 13.2. The number of thioether (sulfide) groups is 1. The highest BCUT2D eigenvalue weighted by Crippen LogP contribution is 2.26. The lowest BCUT2D eigenvalue weighted by molar-refractivity contribution is -0.113. The van der Waals surface area contributed by atoms with Crippen LogP contribution in [-0.4, -0.2) is 21.2 Å². The predicted molar refractivity (Wildman–Crippen MR) is 112 cm³/mol. The SMILES string of the molecule is Cn1c(-c2cccc(NC(=O)CSc3ccccc3)c2)nc2ccccc21. The zero-order valence-electron chi connectivity index (χ0n) is 14.9. The van der Waals surface area contributed by atoms with Crippen LogP contribution in [0.2, 0.25) is 0 Å². The number of nitrogens with zero attached hydrogens (tertiary/aromatic N) is 2. The molecule has 0 saturated heterocycles. The third kappa shape index (κ3) is 3.88. The van der Waals surface area contributed by atoms with Crippen molar-refractivity contribution in [3.63, 3.8) is 0 Å². The molecule has 4 aromatic rings. The Morgan fingerprint density at radius 2 is 1.78 bits per heavy atom. The molecular formula is C22H19N3OS. The fourth-order valence-corrected chi connectivity index (χ4v) is 3.72. The van der Waals surface area contributed by atoms with Crippen LogP contribution in [-0.2, 0) is 11.8 Å². The van der Waals surface area contributed by atoms with E-state index < -0.39 is 0 Å². The molecule has 1 heterocycles. The number of fused-ring (bicyclic) bond motifs is 1. The highest BCUT2D eigenvalue weighted by atomic mass is 32.2. The van der Waals surface area contributed by atoms with Crippen LogP contribution >= 0.6 is 11.8 Å². The summed E-state index contributed by atoms with van der Waals surface area (Å²) in [7, 11) is 2.01. The van der Waals surface area contributed by atoms with Crippen molar-refractivity contribution < 1.29 is 4.79 Å². The zero-order chi connectivity index (χ0) is 18.6. The molecule has 1 N–H and O–H groups in total. The Morgan fingerprint density at radius 3 is 2.59 bits per heavy atom. The molecule has 134 valence electrons. The highest BCUT2D eigenvalue weighted by Gasteiger charge is 2.10. The first-order valence-corrected chi connectivity index (χ1v) is 9.69. The van der Waals surface area contributed by atoms with Gasteiger partial charge in [0.15, 0.2) is 0 Å². The predicted octanol–water partition coefficient (Wildman–Crippen LogP) is 4.97. The normalized spacial score (nSPS) is 10.9. The molecule has 1 amide bonds. The van der Waals surface area contributed by atoms with Crippen molar-refractivity contribution in [1.29, 1.82) is 0 Å². The number of carbonyl (C=O) groups excluding carboxylic acids is 1. The van der Waals surface area contributed by atoms with E-state index in [1.807, 2.05) is 79.8 Å². The average Bonchev–Trinajstić information content (AvgIpc) is 3.04. The molecule has 0 radical (unpaired) electrons. The first-order valence-electron chi connectivity index (χ1n) is 8.70. The van der Waals surface area contributed by atoms with Crippen LogP contribution in [0.25, 0.3) is 22.4 Å². The van der Waals surface area contributed by atoms with Crippen LogP contribution in [0.3, 0.4) is 0 Å². The molecule has 3 aromatic carbocycles. The van der Waals surface area contributed by atoms with Crippen molar-refractivity contribution in [1.82, 2.24) is 9.55 Å². The van der Waals surface area contributed by atoms with E-state index in [9.17, 15) is 4.79 Å². The lowest BCUT2D eigenvalue weighted by Crippen LogP contribution is -2.14. The Morgan fingerprint density at radius 1 is 1.00 bits per heavy atom. The minimum Gasteiger partial charge on any atom is -0.327 e. The summed E-state index contributed by atoms with van der Waals surface area (Å²) in [5.41, 5.74) is 3.80. The number of amides is 1. The van der Waals surface area contributed by atoms with Gasteiger partial charge in [-0.3, -0.25) is 4.79 Å². The van der Waals surface area contributed by atoms with Gasteiger partial charge < -0.3 is 9.88 Å². The molecule has 0 aliphatic carbocycles. The summed E-state index contributed by atoms with van der Waals surface area (Å²) in [5, 5.41) is 2.98. The molecule has 0 atom stereocenters. The summed E-state index contributed by atoms with van der Waals surface area (Å²) in [6.07, 6.45) is 0. The van der Waals surface area contributed by atoms with Crippen molar-refractivity contribution in [2.24, 2.45) is 7.05 Å². The van der Waals surface area contributed by atoms with Gasteiger partial charge in [0.05, 0.1) is 16.8 Å². The smallest absolute Gasteiger partial charge is 0.234 e. The molecule has 4 nitrogen and oxygen atoms in total. The second-order valence-corrected chi connectivity index (χ2v) is 7.26. The fourth-order valence-electron chi connectivity index (χ4n) is 3.00. The molecule has 5 heteroatoms. The van der Waals surface area contributed by atoms with Gasteiger partial charge >= 0.3 is 0 Å². The van der Waals surface area contributed by atoms with Crippen LogP contribution in [0.1, 0.15) is 0 Å². The van der Waals surface area contributed by atoms with Gasteiger partial charge in [0.25, 0.3) is 0 Å².